The van der Waals surface area contributed by atoms with Crippen LogP contribution in [0.2, 0.25) is 0 Å². The number of anilines is 1. The quantitative estimate of drug-likeness (QED) is 0.757. The molecule has 1 fully saturated rings. The summed E-state index contributed by atoms with van der Waals surface area (Å²) >= 11 is 0. The highest BCUT2D eigenvalue weighted by Crippen LogP contribution is 2.33. The molecule has 2 aromatic carbocycles. The maximum atomic E-state index is 13.1. The fourth-order valence-corrected chi connectivity index (χ4v) is 3.35. The number of nitrogens with zero attached hydrogens (tertiary/aromatic N) is 2. The zero-order valence-corrected chi connectivity index (χ0v) is 15.4. The predicted molar refractivity (Wildman–Crippen MR) is 103 cm³/mol. The third-order valence-electron chi connectivity index (χ3n) is 4.67. The van der Waals surface area contributed by atoms with Crippen molar-refractivity contribution in [3.8, 4) is 6.07 Å². The molecule has 1 atom stereocenters. The minimum Gasteiger partial charge on any atom is -0.325 e. The lowest BCUT2D eigenvalue weighted by molar-refractivity contribution is -0.134. The Kier molecular flexibility index (Phi) is 5.41. The summed E-state index contributed by atoms with van der Waals surface area (Å²) in [5.74, 6) is -0.922. The number of imide groups is 1. The minimum atomic E-state index is -1.15. The number of nitrogens with one attached hydrogen (secondary N) is 2. The van der Waals surface area contributed by atoms with Gasteiger partial charge in [-0.05, 0) is 36.2 Å². The van der Waals surface area contributed by atoms with E-state index in [0.717, 1.165) is 4.90 Å². The normalized spacial score (nSPS) is 18.5. The van der Waals surface area contributed by atoms with Gasteiger partial charge in [0.15, 0.2) is 0 Å². The maximum absolute atomic E-state index is 13.1. The van der Waals surface area contributed by atoms with Crippen LogP contribution in [0.1, 0.15) is 30.9 Å². The van der Waals surface area contributed by atoms with E-state index in [-0.39, 0.29) is 6.54 Å². The van der Waals surface area contributed by atoms with Gasteiger partial charge in [0.25, 0.3) is 5.91 Å². The number of carbonyl (C=O) groups excluding carboxylic acids is 3. The molecule has 1 saturated heterocycles. The van der Waals surface area contributed by atoms with Gasteiger partial charge in [-0.25, -0.2) is 4.79 Å². The number of amides is 4. The summed E-state index contributed by atoms with van der Waals surface area (Å²) in [6.07, 6.45) is 1.13. The largest absolute Gasteiger partial charge is 0.325 e. The Morgan fingerprint density at radius 3 is 2.43 bits per heavy atom. The highest BCUT2D eigenvalue weighted by atomic mass is 16.2. The van der Waals surface area contributed by atoms with Crippen molar-refractivity contribution in [1.82, 2.24) is 10.2 Å². The molecule has 3 rings (SSSR count). The van der Waals surface area contributed by atoms with Crippen LogP contribution in [-0.4, -0.2) is 29.3 Å². The van der Waals surface area contributed by atoms with Crippen LogP contribution in [0.5, 0.6) is 0 Å². The minimum absolute atomic E-state index is 0.386. The van der Waals surface area contributed by atoms with E-state index in [9.17, 15) is 14.4 Å². The van der Waals surface area contributed by atoms with Gasteiger partial charge in [-0.3, -0.25) is 14.5 Å². The molecule has 0 aromatic heterocycles. The molecule has 2 N–H and O–H groups in total. The highest BCUT2D eigenvalue weighted by Gasteiger charge is 2.52. The van der Waals surface area contributed by atoms with Crippen molar-refractivity contribution in [2.75, 3.05) is 11.9 Å². The molecule has 28 heavy (non-hydrogen) atoms. The summed E-state index contributed by atoms with van der Waals surface area (Å²) in [6, 6.07) is 16.8. The zero-order valence-electron chi connectivity index (χ0n) is 15.4. The molecule has 0 saturated carbocycles. The Hall–Kier alpha value is -3.66. The Morgan fingerprint density at radius 2 is 1.82 bits per heavy atom. The van der Waals surface area contributed by atoms with Crippen LogP contribution in [0.4, 0.5) is 10.5 Å². The van der Waals surface area contributed by atoms with Gasteiger partial charge in [-0.1, -0.05) is 43.7 Å². The van der Waals surface area contributed by atoms with E-state index in [0.29, 0.717) is 29.7 Å². The van der Waals surface area contributed by atoms with Gasteiger partial charge in [0.1, 0.15) is 12.1 Å². The summed E-state index contributed by atoms with van der Waals surface area (Å²) in [5.41, 5.74) is 0.505. The number of hydrogen-bond donors (Lipinski definition) is 2. The van der Waals surface area contributed by atoms with Gasteiger partial charge in [0, 0.05) is 5.69 Å². The maximum Gasteiger partial charge on any atom is 0.325 e. The van der Waals surface area contributed by atoms with Crippen molar-refractivity contribution < 1.29 is 14.4 Å². The molecule has 0 radical (unpaired) electrons. The summed E-state index contributed by atoms with van der Waals surface area (Å²) in [7, 11) is 0. The lowest BCUT2D eigenvalue weighted by Crippen LogP contribution is -2.44. The second kappa shape index (κ2) is 7.92. The molecular formula is C21H20N4O3. The van der Waals surface area contributed by atoms with Gasteiger partial charge < -0.3 is 10.6 Å². The van der Waals surface area contributed by atoms with Crippen LogP contribution in [0.15, 0.2) is 54.6 Å². The molecule has 7 heteroatoms. The van der Waals surface area contributed by atoms with Crippen LogP contribution >= 0.6 is 0 Å². The average molecular weight is 376 g/mol. The summed E-state index contributed by atoms with van der Waals surface area (Å²) < 4.78 is 0. The van der Waals surface area contributed by atoms with Gasteiger partial charge in [0.2, 0.25) is 5.91 Å². The second-order valence-corrected chi connectivity index (χ2v) is 6.58. The van der Waals surface area contributed by atoms with Crippen LogP contribution < -0.4 is 10.6 Å². The average Bonchev–Trinajstić information content (AvgIpc) is 2.94. The van der Waals surface area contributed by atoms with Gasteiger partial charge in [-0.2, -0.15) is 5.26 Å². The van der Waals surface area contributed by atoms with Crippen LogP contribution in [-0.2, 0) is 15.1 Å². The Balaban J connectivity index is 1.77. The van der Waals surface area contributed by atoms with E-state index in [4.69, 9.17) is 5.26 Å². The van der Waals surface area contributed by atoms with Crippen LogP contribution in [0.25, 0.3) is 0 Å². The molecule has 0 aliphatic carbocycles. The molecule has 7 nitrogen and oxygen atoms in total. The fourth-order valence-electron chi connectivity index (χ4n) is 3.35. The zero-order chi connectivity index (χ0) is 20.1. The van der Waals surface area contributed by atoms with Gasteiger partial charge >= 0.3 is 6.03 Å². The molecule has 4 amide bonds. The second-order valence-electron chi connectivity index (χ2n) is 6.58. The smallest absolute Gasteiger partial charge is 0.325 e. The van der Waals surface area contributed by atoms with E-state index in [1.54, 1.807) is 36.4 Å². The number of hydrogen-bond acceptors (Lipinski definition) is 4. The molecule has 142 valence electrons. The van der Waals surface area contributed by atoms with Gasteiger partial charge in [-0.15, -0.1) is 0 Å². The van der Waals surface area contributed by atoms with Crippen molar-refractivity contribution in [3.63, 3.8) is 0 Å². The highest BCUT2D eigenvalue weighted by molar-refractivity contribution is 6.10. The molecule has 1 aliphatic heterocycles. The first-order valence-corrected chi connectivity index (χ1v) is 9.00. The molecule has 0 unspecified atom stereocenters. The van der Waals surface area contributed by atoms with E-state index >= 15 is 0 Å². The summed E-state index contributed by atoms with van der Waals surface area (Å²) in [4.78, 5) is 38.9. The van der Waals surface area contributed by atoms with Crippen molar-refractivity contribution in [1.29, 1.82) is 5.26 Å². The van der Waals surface area contributed by atoms with Crippen molar-refractivity contribution >= 4 is 23.5 Å². The van der Waals surface area contributed by atoms with Crippen LogP contribution in [0, 0.1) is 11.3 Å². The lowest BCUT2D eigenvalue weighted by Gasteiger charge is -2.26. The molecule has 1 aliphatic rings. The topological polar surface area (TPSA) is 102 Å². The number of rotatable bonds is 6. The molecular weight excluding hydrogens is 356 g/mol. The predicted octanol–water partition coefficient (Wildman–Crippen LogP) is 2.74. The number of urea groups is 1. The first-order chi connectivity index (χ1) is 13.5. The number of carbonyl (C=O) groups is 3. The number of nitriles is 1. The molecule has 0 bridgehead atoms. The molecule has 0 spiro atoms. The first kappa shape index (κ1) is 19.1. The van der Waals surface area contributed by atoms with Crippen LogP contribution in [0.3, 0.4) is 0 Å². The molecule has 1 heterocycles. The lowest BCUT2D eigenvalue weighted by atomic mass is 9.85. The third kappa shape index (κ3) is 3.58. The van der Waals surface area contributed by atoms with E-state index in [2.05, 4.69) is 10.6 Å². The summed E-state index contributed by atoms with van der Waals surface area (Å²) in [6.45, 7) is 1.55. The van der Waals surface area contributed by atoms with E-state index < -0.39 is 23.4 Å². The fraction of sp³-hybridized carbons (Fsp3) is 0.238. The SMILES string of the molecule is CCC[C@]1(c2ccccc2)NC(=O)N(CC(=O)Nc2ccc(C#N)cc2)C1=O. The van der Waals surface area contributed by atoms with E-state index in [1.165, 1.54) is 0 Å². The Morgan fingerprint density at radius 1 is 1.14 bits per heavy atom. The van der Waals surface area contributed by atoms with Crippen molar-refractivity contribution in [2.45, 2.75) is 25.3 Å². The monoisotopic (exact) mass is 376 g/mol. The Labute approximate surface area is 163 Å². The first-order valence-electron chi connectivity index (χ1n) is 9.00. The third-order valence-corrected chi connectivity index (χ3v) is 4.67. The van der Waals surface area contributed by atoms with E-state index in [1.807, 2.05) is 31.2 Å². The molecule has 2 aromatic rings. The summed E-state index contributed by atoms with van der Waals surface area (Å²) in [5, 5.41) is 14.2. The Bertz CT molecular complexity index is 934. The van der Waals surface area contributed by atoms with Crippen molar-refractivity contribution in [2.24, 2.45) is 0 Å². The number of benzene rings is 2. The van der Waals surface area contributed by atoms with Crippen molar-refractivity contribution in [3.05, 3.63) is 65.7 Å². The standard InChI is InChI=1S/C21H20N4O3/c1-2-12-21(16-6-4-3-5-7-16)19(27)25(20(28)24-21)14-18(26)23-17-10-8-15(13-22)9-11-17/h3-11H,2,12,14H2,1H3,(H,23,26)(H,24,28)/t21-/m1/s1. The van der Waals surface area contributed by atoms with Gasteiger partial charge in [0.05, 0.1) is 11.6 Å².